The minimum absolute atomic E-state index is 0.826. The Morgan fingerprint density at radius 1 is 0.412 bits per heavy atom. The van der Waals surface area contributed by atoms with Crippen molar-refractivity contribution in [2.45, 2.75) is 0 Å². The van der Waals surface area contributed by atoms with E-state index >= 15 is 0 Å². The SMILES string of the molecule is c1ccc(N(c2ccc3c(c2)c2ccccc2n3-c2ccccc2)c2cccc(-c3cccc(N(c4ccccc4)c4ccccc4)[nH+]3)n2)cc1. The maximum Gasteiger partial charge on any atom is 0.285 e. The average Bonchev–Trinajstić information content (AvgIpc) is 3.54. The van der Waals surface area contributed by atoms with Gasteiger partial charge in [-0.1, -0.05) is 97.1 Å². The molecule has 0 atom stereocenters. The predicted molar refractivity (Wildman–Crippen MR) is 210 cm³/mol. The second-order valence-electron chi connectivity index (χ2n) is 12.4. The van der Waals surface area contributed by atoms with Gasteiger partial charge in [-0.2, -0.15) is 4.90 Å². The number of benzene rings is 6. The van der Waals surface area contributed by atoms with Crippen molar-refractivity contribution in [3.8, 4) is 17.1 Å². The van der Waals surface area contributed by atoms with Crippen molar-refractivity contribution in [2.75, 3.05) is 9.80 Å². The summed E-state index contributed by atoms with van der Waals surface area (Å²) in [5.41, 5.74) is 9.44. The highest BCUT2D eigenvalue weighted by Crippen LogP contribution is 2.39. The summed E-state index contributed by atoms with van der Waals surface area (Å²) >= 11 is 0. The van der Waals surface area contributed by atoms with Crippen LogP contribution >= 0.6 is 0 Å². The number of pyridine rings is 2. The first-order valence-corrected chi connectivity index (χ1v) is 17.2. The Bertz CT molecular complexity index is 2540. The molecule has 0 fully saturated rings. The fourth-order valence-electron chi connectivity index (χ4n) is 6.96. The van der Waals surface area contributed by atoms with Crippen molar-refractivity contribution in [3.63, 3.8) is 0 Å². The summed E-state index contributed by atoms with van der Waals surface area (Å²) in [6.07, 6.45) is 0. The van der Waals surface area contributed by atoms with Gasteiger partial charge < -0.3 is 4.57 Å². The van der Waals surface area contributed by atoms with Crippen molar-refractivity contribution in [1.82, 2.24) is 9.55 Å². The molecule has 9 rings (SSSR count). The van der Waals surface area contributed by atoms with E-state index in [2.05, 4.69) is 201 Å². The van der Waals surface area contributed by atoms with Crippen LogP contribution in [-0.4, -0.2) is 9.55 Å². The van der Waals surface area contributed by atoms with Crippen LogP contribution in [0.25, 0.3) is 38.9 Å². The van der Waals surface area contributed by atoms with Crippen molar-refractivity contribution in [2.24, 2.45) is 0 Å². The first kappa shape index (κ1) is 30.1. The molecule has 3 heterocycles. The molecule has 9 aromatic rings. The number of H-pyrrole nitrogens is 1. The van der Waals surface area contributed by atoms with E-state index in [0.29, 0.717) is 0 Å². The third kappa shape index (κ3) is 5.67. The molecular weight excluding hydrogens is 623 g/mol. The van der Waals surface area contributed by atoms with E-state index in [0.717, 1.165) is 57.0 Å². The van der Waals surface area contributed by atoms with Crippen LogP contribution in [0.2, 0.25) is 0 Å². The van der Waals surface area contributed by atoms with Crippen molar-refractivity contribution in [3.05, 3.63) is 200 Å². The number of hydrogen-bond donors (Lipinski definition) is 0. The first-order valence-electron chi connectivity index (χ1n) is 17.2. The van der Waals surface area contributed by atoms with E-state index in [1.807, 2.05) is 18.2 Å². The lowest BCUT2D eigenvalue weighted by Crippen LogP contribution is -2.21. The number of fused-ring (bicyclic) bond motifs is 3. The van der Waals surface area contributed by atoms with E-state index in [-0.39, 0.29) is 0 Å². The number of nitrogens with one attached hydrogen (secondary N) is 1. The van der Waals surface area contributed by atoms with Crippen molar-refractivity contribution < 1.29 is 4.98 Å². The van der Waals surface area contributed by atoms with Crippen LogP contribution in [0.5, 0.6) is 0 Å². The normalized spacial score (nSPS) is 11.1. The Morgan fingerprint density at radius 3 is 1.67 bits per heavy atom. The Kier molecular flexibility index (Phi) is 7.76. The lowest BCUT2D eigenvalue weighted by Gasteiger charge is -2.25. The van der Waals surface area contributed by atoms with Gasteiger partial charge >= 0.3 is 0 Å². The highest BCUT2D eigenvalue weighted by molar-refractivity contribution is 6.10. The predicted octanol–water partition coefficient (Wildman–Crippen LogP) is 11.6. The molecule has 0 radical (unpaired) electrons. The standard InChI is InChI=1S/C46H33N5/c1-5-17-34(18-6-1)49(35-19-7-2-8-20-35)45-29-15-26-41(47-45)42-27-16-30-46(48-42)50(36-21-9-3-10-22-36)38-31-32-44-40(33-38)39-25-13-14-28-43(39)51(44)37-23-11-4-12-24-37/h1-33H/p+1. The summed E-state index contributed by atoms with van der Waals surface area (Å²) in [5.74, 6) is 1.77. The van der Waals surface area contributed by atoms with Crippen LogP contribution in [0.1, 0.15) is 0 Å². The van der Waals surface area contributed by atoms with Crippen molar-refractivity contribution >= 4 is 56.2 Å². The lowest BCUT2D eigenvalue weighted by atomic mass is 10.1. The van der Waals surface area contributed by atoms with Gasteiger partial charge in [0.2, 0.25) is 0 Å². The largest absolute Gasteiger partial charge is 0.309 e. The summed E-state index contributed by atoms with van der Waals surface area (Å²) in [5, 5.41) is 2.40. The zero-order valence-electron chi connectivity index (χ0n) is 27.8. The Balaban J connectivity index is 1.17. The van der Waals surface area contributed by atoms with E-state index in [1.165, 1.54) is 16.3 Å². The zero-order valence-corrected chi connectivity index (χ0v) is 27.8. The number of hydrogen-bond acceptors (Lipinski definition) is 3. The second kappa shape index (κ2) is 13.1. The molecule has 0 bridgehead atoms. The van der Waals surface area contributed by atoms with Crippen molar-refractivity contribution in [1.29, 1.82) is 0 Å². The molecule has 242 valence electrons. The summed E-state index contributed by atoms with van der Waals surface area (Å²) in [7, 11) is 0. The van der Waals surface area contributed by atoms with Gasteiger partial charge in [0.15, 0.2) is 5.69 Å². The Labute approximate surface area is 297 Å². The van der Waals surface area contributed by atoms with Gasteiger partial charge in [-0.05, 0) is 97.1 Å². The topological polar surface area (TPSA) is 38.4 Å². The Hall–Kier alpha value is -6.98. The Morgan fingerprint density at radius 2 is 0.980 bits per heavy atom. The van der Waals surface area contributed by atoms with Gasteiger partial charge in [0.05, 0.1) is 11.0 Å². The van der Waals surface area contributed by atoms with E-state index < -0.39 is 0 Å². The minimum atomic E-state index is 0.826. The zero-order chi connectivity index (χ0) is 34.0. The van der Waals surface area contributed by atoms with Gasteiger partial charge in [-0.3, -0.25) is 4.90 Å². The molecule has 0 unspecified atom stereocenters. The van der Waals surface area contributed by atoms with Crippen LogP contribution < -0.4 is 14.8 Å². The highest BCUT2D eigenvalue weighted by atomic mass is 15.2. The molecular formula is C46H34N5+. The molecule has 0 aliphatic rings. The van der Waals surface area contributed by atoms with Gasteiger partial charge in [0.1, 0.15) is 22.9 Å². The number of aromatic amines is 1. The van der Waals surface area contributed by atoms with Crippen LogP contribution in [0.4, 0.5) is 34.4 Å². The third-order valence-electron chi connectivity index (χ3n) is 9.23. The van der Waals surface area contributed by atoms with Gasteiger partial charge in [0, 0.05) is 33.9 Å². The monoisotopic (exact) mass is 656 g/mol. The third-order valence-corrected chi connectivity index (χ3v) is 9.23. The molecule has 5 heteroatoms. The number of para-hydroxylation sites is 5. The molecule has 0 aliphatic heterocycles. The molecule has 51 heavy (non-hydrogen) atoms. The first-order chi connectivity index (χ1) is 25.3. The minimum Gasteiger partial charge on any atom is -0.309 e. The lowest BCUT2D eigenvalue weighted by molar-refractivity contribution is -0.349. The van der Waals surface area contributed by atoms with Gasteiger partial charge in [-0.15, -0.1) is 0 Å². The summed E-state index contributed by atoms with van der Waals surface area (Å²) in [6.45, 7) is 0. The average molecular weight is 657 g/mol. The van der Waals surface area contributed by atoms with E-state index in [1.54, 1.807) is 0 Å². The molecule has 0 spiro atoms. The molecule has 0 saturated carbocycles. The smallest absolute Gasteiger partial charge is 0.285 e. The molecule has 3 aromatic heterocycles. The summed E-state index contributed by atoms with van der Waals surface area (Å²) in [4.78, 5) is 13.5. The molecule has 0 saturated heterocycles. The number of anilines is 6. The van der Waals surface area contributed by atoms with Crippen LogP contribution in [-0.2, 0) is 0 Å². The fraction of sp³-hybridized carbons (Fsp3) is 0. The van der Waals surface area contributed by atoms with E-state index in [4.69, 9.17) is 4.98 Å². The van der Waals surface area contributed by atoms with E-state index in [9.17, 15) is 0 Å². The molecule has 0 amide bonds. The maximum absolute atomic E-state index is 5.31. The number of nitrogens with zero attached hydrogens (tertiary/aromatic N) is 4. The molecule has 5 nitrogen and oxygen atoms in total. The van der Waals surface area contributed by atoms with Crippen LogP contribution in [0.15, 0.2) is 200 Å². The molecule has 0 aliphatic carbocycles. The molecule has 1 N–H and O–H groups in total. The number of rotatable bonds is 8. The fourth-order valence-corrected chi connectivity index (χ4v) is 6.96. The van der Waals surface area contributed by atoms with Crippen LogP contribution in [0, 0.1) is 0 Å². The van der Waals surface area contributed by atoms with Crippen LogP contribution in [0.3, 0.4) is 0 Å². The summed E-state index contributed by atoms with van der Waals surface area (Å²) in [6, 6.07) is 69.7. The molecule has 6 aromatic carbocycles. The number of aromatic nitrogens is 3. The second-order valence-corrected chi connectivity index (χ2v) is 12.4. The summed E-state index contributed by atoms with van der Waals surface area (Å²) < 4.78 is 2.34. The van der Waals surface area contributed by atoms with Gasteiger partial charge in [0.25, 0.3) is 5.82 Å². The highest BCUT2D eigenvalue weighted by Gasteiger charge is 2.23. The van der Waals surface area contributed by atoms with Gasteiger partial charge in [-0.25, -0.2) is 9.97 Å². The maximum atomic E-state index is 5.31. The quantitative estimate of drug-likeness (QED) is 0.163.